The number of methoxy groups -OCH3 is 1. The smallest absolute Gasteiger partial charge is 0.191 e. The van der Waals surface area contributed by atoms with E-state index in [4.69, 9.17) is 14.2 Å². The van der Waals surface area contributed by atoms with Crippen molar-refractivity contribution in [3.63, 3.8) is 0 Å². The van der Waals surface area contributed by atoms with Gasteiger partial charge in [0.05, 0.1) is 25.9 Å². The van der Waals surface area contributed by atoms with Gasteiger partial charge in [-0.05, 0) is 51.3 Å². The first kappa shape index (κ1) is 22.8. The van der Waals surface area contributed by atoms with Gasteiger partial charge < -0.3 is 24.8 Å². The van der Waals surface area contributed by atoms with Crippen LogP contribution in [0.15, 0.2) is 29.3 Å². The molecule has 0 aliphatic carbocycles. The number of guanidine groups is 1. The molecule has 168 valence electrons. The summed E-state index contributed by atoms with van der Waals surface area (Å²) in [7, 11) is 3.56. The number of hydrogen-bond donors (Lipinski definition) is 2. The van der Waals surface area contributed by atoms with Crippen molar-refractivity contribution in [2.45, 2.75) is 44.2 Å². The van der Waals surface area contributed by atoms with Gasteiger partial charge in [-0.2, -0.15) is 0 Å². The normalized spacial score (nSPS) is 21.0. The van der Waals surface area contributed by atoms with Crippen LogP contribution in [0.5, 0.6) is 5.75 Å². The van der Waals surface area contributed by atoms with Crippen molar-refractivity contribution in [3.8, 4) is 5.75 Å². The monoisotopic (exact) mass is 418 g/mol. The maximum absolute atomic E-state index is 5.74. The lowest BCUT2D eigenvalue weighted by atomic mass is 10.0. The lowest BCUT2D eigenvalue weighted by Gasteiger charge is -2.30. The summed E-state index contributed by atoms with van der Waals surface area (Å²) in [6, 6.07) is 8.59. The van der Waals surface area contributed by atoms with Gasteiger partial charge in [-0.15, -0.1) is 0 Å². The Balaban J connectivity index is 1.43. The molecule has 2 heterocycles. The number of benzene rings is 1. The molecular formula is C23H38N4O3. The van der Waals surface area contributed by atoms with E-state index in [9.17, 15) is 0 Å². The van der Waals surface area contributed by atoms with Crippen LogP contribution in [0.25, 0.3) is 0 Å². The molecule has 0 bridgehead atoms. The molecule has 1 aromatic carbocycles. The summed E-state index contributed by atoms with van der Waals surface area (Å²) in [4.78, 5) is 6.93. The largest absolute Gasteiger partial charge is 0.496 e. The molecule has 0 spiro atoms. The van der Waals surface area contributed by atoms with Gasteiger partial charge in [-0.25, -0.2) is 0 Å². The third-order valence-corrected chi connectivity index (χ3v) is 5.85. The van der Waals surface area contributed by atoms with Gasteiger partial charge in [-0.3, -0.25) is 9.89 Å². The second-order valence-electron chi connectivity index (χ2n) is 7.94. The zero-order valence-electron chi connectivity index (χ0n) is 18.6. The predicted molar refractivity (Wildman–Crippen MR) is 120 cm³/mol. The molecule has 2 aliphatic heterocycles. The first-order valence-electron chi connectivity index (χ1n) is 11.3. The molecule has 2 aliphatic rings. The summed E-state index contributed by atoms with van der Waals surface area (Å²) in [5.74, 6) is 1.77. The van der Waals surface area contributed by atoms with E-state index in [2.05, 4.69) is 32.7 Å². The zero-order chi connectivity index (χ0) is 21.0. The molecule has 2 atom stereocenters. The Morgan fingerprint density at radius 2 is 2.07 bits per heavy atom. The van der Waals surface area contributed by atoms with E-state index in [0.717, 1.165) is 70.4 Å². The van der Waals surface area contributed by atoms with Crippen LogP contribution >= 0.6 is 0 Å². The van der Waals surface area contributed by atoms with Gasteiger partial charge in [0.1, 0.15) is 5.75 Å². The van der Waals surface area contributed by atoms with Gasteiger partial charge in [0.25, 0.3) is 0 Å². The lowest BCUT2D eigenvalue weighted by molar-refractivity contribution is 0.0168. The van der Waals surface area contributed by atoms with E-state index >= 15 is 0 Å². The molecule has 7 heteroatoms. The van der Waals surface area contributed by atoms with E-state index in [1.807, 2.05) is 19.2 Å². The number of para-hydroxylation sites is 1. The van der Waals surface area contributed by atoms with Crippen LogP contribution in [0.2, 0.25) is 0 Å². The number of nitrogens with one attached hydrogen (secondary N) is 2. The first-order chi connectivity index (χ1) is 14.8. The van der Waals surface area contributed by atoms with Crippen LogP contribution in [0.4, 0.5) is 0 Å². The van der Waals surface area contributed by atoms with Crippen LogP contribution in [0.3, 0.4) is 0 Å². The van der Waals surface area contributed by atoms with Crippen LogP contribution in [0.1, 0.15) is 43.7 Å². The molecule has 0 saturated carbocycles. The second kappa shape index (κ2) is 12.8. The quantitative estimate of drug-likeness (QED) is 0.327. The molecule has 2 fully saturated rings. The van der Waals surface area contributed by atoms with E-state index in [-0.39, 0.29) is 6.04 Å². The molecule has 0 amide bonds. The summed E-state index contributed by atoms with van der Waals surface area (Å²) in [6.07, 6.45) is 6.03. The fraction of sp³-hybridized carbons (Fsp3) is 0.696. The highest BCUT2D eigenvalue weighted by Crippen LogP contribution is 2.31. The first-order valence-corrected chi connectivity index (χ1v) is 11.3. The summed E-state index contributed by atoms with van der Waals surface area (Å²) >= 11 is 0. The Labute approximate surface area is 181 Å². The zero-order valence-corrected chi connectivity index (χ0v) is 18.6. The minimum Gasteiger partial charge on any atom is -0.496 e. The molecule has 2 N–H and O–H groups in total. The van der Waals surface area contributed by atoms with Crippen molar-refractivity contribution >= 4 is 5.96 Å². The third kappa shape index (κ3) is 6.86. The summed E-state index contributed by atoms with van der Waals surface area (Å²) in [6.45, 7) is 6.19. The Morgan fingerprint density at radius 3 is 2.80 bits per heavy atom. The van der Waals surface area contributed by atoms with Gasteiger partial charge in [-0.1, -0.05) is 18.2 Å². The Hall–Kier alpha value is -1.83. The summed E-state index contributed by atoms with van der Waals surface area (Å²) in [5.41, 5.74) is 1.23. The topological polar surface area (TPSA) is 67.4 Å². The number of rotatable bonds is 11. The van der Waals surface area contributed by atoms with Gasteiger partial charge >= 0.3 is 0 Å². The molecule has 2 saturated heterocycles. The number of hydrogen-bond acceptors (Lipinski definition) is 5. The number of nitrogens with zero attached hydrogens (tertiary/aromatic N) is 2. The average molecular weight is 419 g/mol. The molecule has 0 radical (unpaired) electrons. The minimum atomic E-state index is 0.261. The van der Waals surface area contributed by atoms with E-state index < -0.39 is 0 Å². The fourth-order valence-electron chi connectivity index (χ4n) is 4.22. The minimum absolute atomic E-state index is 0.261. The molecule has 3 rings (SSSR count). The maximum Gasteiger partial charge on any atom is 0.191 e. The second-order valence-corrected chi connectivity index (χ2v) is 7.94. The van der Waals surface area contributed by atoms with Crippen LogP contribution in [-0.4, -0.2) is 77.1 Å². The lowest BCUT2D eigenvalue weighted by Crippen LogP contribution is -2.43. The highest BCUT2D eigenvalue weighted by Gasteiger charge is 2.26. The SMILES string of the molecule is CN=C(NCCCOCC1CCCO1)NCC(c1ccccc1OC)N1CCCC1. The van der Waals surface area contributed by atoms with Gasteiger partial charge in [0.2, 0.25) is 0 Å². The van der Waals surface area contributed by atoms with E-state index in [1.165, 1.54) is 18.4 Å². The predicted octanol–water partition coefficient (Wildman–Crippen LogP) is 2.58. The number of likely N-dealkylation sites (tertiary alicyclic amines) is 1. The Bertz CT molecular complexity index is 643. The Morgan fingerprint density at radius 1 is 1.23 bits per heavy atom. The molecule has 7 nitrogen and oxygen atoms in total. The van der Waals surface area contributed by atoms with Crippen LogP contribution in [-0.2, 0) is 9.47 Å². The fourth-order valence-corrected chi connectivity index (χ4v) is 4.22. The van der Waals surface area contributed by atoms with Crippen molar-refractivity contribution in [2.75, 3.05) is 60.2 Å². The average Bonchev–Trinajstić information content (AvgIpc) is 3.49. The van der Waals surface area contributed by atoms with Crippen molar-refractivity contribution in [3.05, 3.63) is 29.8 Å². The molecule has 0 aromatic heterocycles. The standard InChI is InChI=1S/C23H38N4O3/c1-24-23(25-12-8-15-29-18-19-9-7-16-30-19)26-17-21(27-13-5-6-14-27)20-10-3-4-11-22(20)28-2/h3-4,10-11,19,21H,5-9,12-18H2,1-2H3,(H2,24,25,26). The van der Waals surface area contributed by atoms with Crippen molar-refractivity contribution in [2.24, 2.45) is 4.99 Å². The number of aliphatic imine (C=N–C) groups is 1. The molecular weight excluding hydrogens is 380 g/mol. The highest BCUT2D eigenvalue weighted by molar-refractivity contribution is 5.79. The summed E-state index contributed by atoms with van der Waals surface area (Å²) in [5, 5.41) is 6.91. The maximum atomic E-state index is 5.74. The summed E-state index contributed by atoms with van der Waals surface area (Å²) < 4.78 is 17.0. The van der Waals surface area contributed by atoms with Crippen molar-refractivity contribution < 1.29 is 14.2 Å². The van der Waals surface area contributed by atoms with E-state index in [1.54, 1.807) is 7.11 Å². The van der Waals surface area contributed by atoms with Crippen LogP contribution < -0.4 is 15.4 Å². The molecule has 30 heavy (non-hydrogen) atoms. The number of ether oxygens (including phenoxy) is 3. The van der Waals surface area contributed by atoms with Gasteiger partial charge in [0.15, 0.2) is 5.96 Å². The van der Waals surface area contributed by atoms with Gasteiger partial charge in [0, 0.05) is 38.9 Å². The highest BCUT2D eigenvalue weighted by atomic mass is 16.5. The van der Waals surface area contributed by atoms with E-state index in [0.29, 0.717) is 12.7 Å². The third-order valence-electron chi connectivity index (χ3n) is 5.85. The van der Waals surface area contributed by atoms with Crippen LogP contribution in [0, 0.1) is 0 Å². The van der Waals surface area contributed by atoms with Crippen molar-refractivity contribution in [1.29, 1.82) is 0 Å². The molecule has 1 aromatic rings. The van der Waals surface area contributed by atoms with Crippen molar-refractivity contribution in [1.82, 2.24) is 15.5 Å². The Kier molecular flexibility index (Phi) is 9.73. The molecule has 2 unspecified atom stereocenters.